The summed E-state index contributed by atoms with van der Waals surface area (Å²) in [6.07, 6.45) is 5.06. The molecule has 0 spiro atoms. The van der Waals surface area contributed by atoms with Crippen LogP contribution in [0.25, 0.3) is 0 Å². The number of hydrogen-bond acceptors (Lipinski definition) is 4. The van der Waals surface area contributed by atoms with Gasteiger partial charge in [-0.25, -0.2) is 0 Å². The van der Waals surface area contributed by atoms with Gasteiger partial charge in [0.05, 0.1) is 4.88 Å². The van der Waals surface area contributed by atoms with Crippen LogP contribution in [0.15, 0.2) is 17.5 Å². The molecule has 2 fully saturated rings. The number of thiophene rings is 1. The van der Waals surface area contributed by atoms with Crippen LogP contribution in [0.2, 0.25) is 0 Å². The lowest BCUT2D eigenvalue weighted by Gasteiger charge is -2.41. The fraction of sp³-hybridized carbons (Fsp3) is 0.714. The second-order valence-electron chi connectivity index (χ2n) is 8.28. The lowest BCUT2D eigenvalue weighted by molar-refractivity contribution is -0.126. The van der Waals surface area contributed by atoms with E-state index in [2.05, 4.69) is 24.1 Å². The van der Waals surface area contributed by atoms with Crippen molar-refractivity contribution in [1.29, 1.82) is 0 Å². The van der Waals surface area contributed by atoms with Gasteiger partial charge in [-0.1, -0.05) is 19.9 Å². The lowest BCUT2D eigenvalue weighted by atomic mass is 9.92. The molecule has 150 valence electrons. The van der Waals surface area contributed by atoms with E-state index < -0.39 is 0 Å². The van der Waals surface area contributed by atoms with Crippen LogP contribution in [0.1, 0.15) is 55.6 Å². The number of hydrogen-bond donors (Lipinski definition) is 1. The Balaban J connectivity index is 1.38. The lowest BCUT2D eigenvalue weighted by Crippen LogP contribution is -2.50. The number of nitrogens with one attached hydrogen (secondary N) is 1. The average Bonchev–Trinajstić information content (AvgIpc) is 3.22. The van der Waals surface area contributed by atoms with Gasteiger partial charge in [-0.2, -0.15) is 0 Å². The summed E-state index contributed by atoms with van der Waals surface area (Å²) < 4.78 is 0. The maximum atomic E-state index is 12.5. The third-order valence-electron chi connectivity index (χ3n) is 5.92. The van der Waals surface area contributed by atoms with E-state index in [0.717, 1.165) is 69.7 Å². The van der Waals surface area contributed by atoms with Crippen molar-refractivity contribution in [3.05, 3.63) is 22.4 Å². The van der Waals surface area contributed by atoms with E-state index in [4.69, 9.17) is 0 Å². The van der Waals surface area contributed by atoms with Crippen molar-refractivity contribution < 1.29 is 9.59 Å². The van der Waals surface area contributed by atoms with Crippen molar-refractivity contribution in [2.24, 2.45) is 11.8 Å². The Morgan fingerprint density at radius 1 is 1.15 bits per heavy atom. The highest BCUT2D eigenvalue weighted by atomic mass is 32.1. The number of nitrogens with zero attached hydrogens (tertiary/aromatic N) is 2. The molecular weight excluding hydrogens is 358 g/mol. The Bertz CT molecular complexity index is 601. The minimum absolute atomic E-state index is 0.175. The SMILES string of the molecule is CC(C)CCNC(=O)C1CCN(C2CCN(C(=O)c3cccs3)CC2)CC1. The molecule has 6 heteroatoms. The Hall–Kier alpha value is -1.40. The van der Waals surface area contributed by atoms with Crippen molar-refractivity contribution in [1.82, 2.24) is 15.1 Å². The largest absolute Gasteiger partial charge is 0.356 e. The van der Waals surface area contributed by atoms with Crippen LogP contribution in [0, 0.1) is 11.8 Å². The highest BCUT2D eigenvalue weighted by Gasteiger charge is 2.31. The molecule has 2 aliphatic rings. The molecule has 27 heavy (non-hydrogen) atoms. The molecule has 0 radical (unpaired) electrons. The molecule has 1 aromatic heterocycles. The van der Waals surface area contributed by atoms with Gasteiger partial charge in [0, 0.05) is 31.6 Å². The van der Waals surface area contributed by atoms with Crippen molar-refractivity contribution in [3.8, 4) is 0 Å². The molecule has 3 rings (SSSR count). The molecule has 0 aliphatic carbocycles. The molecule has 1 N–H and O–H groups in total. The molecule has 0 atom stereocenters. The smallest absolute Gasteiger partial charge is 0.263 e. The zero-order valence-corrected chi connectivity index (χ0v) is 17.5. The molecule has 0 unspecified atom stereocenters. The van der Waals surface area contributed by atoms with E-state index in [-0.39, 0.29) is 17.7 Å². The first-order chi connectivity index (χ1) is 13.0. The maximum Gasteiger partial charge on any atom is 0.263 e. The van der Waals surface area contributed by atoms with E-state index in [0.29, 0.717) is 12.0 Å². The summed E-state index contributed by atoms with van der Waals surface area (Å²) in [6.45, 7) is 8.87. The van der Waals surface area contributed by atoms with Gasteiger partial charge < -0.3 is 15.1 Å². The van der Waals surface area contributed by atoms with Gasteiger partial charge in [-0.05, 0) is 62.6 Å². The van der Waals surface area contributed by atoms with E-state index >= 15 is 0 Å². The first kappa shape index (κ1) is 20.3. The third-order valence-corrected chi connectivity index (χ3v) is 6.78. The average molecular weight is 392 g/mol. The second-order valence-corrected chi connectivity index (χ2v) is 9.23. The Morgan fingerprint density at radius 3 is 2.44 bits per heavy atom. The number of carbonyl (C=O) groups excluding carboxylic acids is 2. The number of likely N-dealkylation sites (tertiary alicyclic amines) is 2. The summed E-state index contributed by atoms with van der Waals surface area (Å²) in [4.78, 5) is 30.2. The minimum atomic E-state index is 0.175. The Morgan fingerprint density at radius 2 is 1.85 bits per heavy atom. The van der Waals surface area contributed by atoms with Crippen LogP contribution in [0.3, 0.4) is 0 Å². The van der Waals surface area contributed by atoms with Crippen LogP contribution in [0.5, 0.6) is 0 Å². The molecule has 1 aromatic rings. The molecule has 0 aromatic carbocycles. The summed E-state index contributed by atoms with van der Waals surface area (Å²) in [5, 5.41) is 5.07. The van der Waals surface area contributed by atoms with Gasteiger partial charge in [0.1, 0.15) is 0 Å². The van der Waals surface area contributed by atoms with Crippen molar-refractivity contribution in [3.63, 3.8) is 0 Å². The van der Waals surface area contributed by atoms with Crippen molar-refractivity contribution in [2.45, 2.75) is 52.0 Å². The second kappa shape index (κ2) is 9.69. The Labute approximate surface area is 167 Å². The van der Waals surface area contributed by atoms with Gasteiger partial charge in [0.25, 0.3) is 5.91 Å². The molecule has 3 heterocycles. The fourth-order valence-electron chi connectivity index (χ4n) is 4.15. The third kappa shape index (κ3) is 5.55. The summed E-state index contributed by atoms with van der Waals surface area (Å²) in [5.74, 6) is 1.23. The Kier molecular flexibility index (Phi) is 7.30. The zero-order valence-electron chi connectivity index (χ0n) is 16.7. The van der Waals surface area contributed by atoms with Crippen LogP contribution < -0.4 is 5.32 Å². The molecule has 0 saturated carbocycles. The quantitative estimate of drug-likeness (QED) is 0.810. The number of carbonyl (C=O) groups is 2. The first-order valence-electron chi connectivity index (χ1n) is 10.4. The van der Waals surface area contributed by atoms with E-state index in [1.54, 1.807) is 0 Å². The number of rotatable bonds is 6. The highest BCUT2D eigenvalue weighted by Crippen LogP contribution is 2.25. The topological polar surface area (TPSA) is 52.7 Å². The standard InChI is InChI=1S/C21H33N3O2S/c1-16(2)5-10-22-20(25)17-6-11-23(12-7-17)18-8-13-24(14-9-18)21(26)19-4-3-15-27-19/h3-4,15-18H,5-14H2,1-2H3,(H,22,25). The summed E-state index contributed by atoms with van der Waals surface area (Å²) in [7, 11) is 0. The van der Waals surface area contributed by atoms with Gasteiger partial charge in [0.15, 0.2) is 0 Å². The number of amides is 2. The van der Waals surface area contributed by atoms with Gasteiger partial charge >= 0.3 is 0 Å². The predicted octanol–water partition coefficient (Wildman–Crippen LogP) is 3.23. The predicted molar refractivity (Wildman–Crippen MR) is 110 cm³/mol. The normalized spacial score (nSPS) is 20.2. The summed E-state index contributed by atoms with van der Waals surface area (Å²) in [6, 6.07) is 4.41. The maximum absolute atomic E-state index is 12.5. The molecular formula is C21H33N3O2S. The fourth-order valence-corrected chi connectivity index (χ4v) is 4.84. The van der Waals surface area contributed by atoms with Crippen LogP contribution >= 0.6 is 11.3 Å². The first-order valence-corrected chi connectivity index (χ1v) is 11.3. The van der Waals surface area contributed by atoms with E-state index in [1.807, 2.05) is 22.4 Å². The van der Waals surface area contributed by atoms with Crippen LogP contribution in [-0.2, 0) is 4.79 Å². The molecule has 2 amide bonds. The summed E-state index contributed by atoms with van der Waals surface area (Å²) in [5.41, 5.74) is 0. The van der Waals surface area contributed by atoms with Gasteiger partial charge in [-0.3, -0.25) is 9.59 Å². The van der Waals surface area contributed by atoms with E-state index in [1.165, 1.54) is 11.3 Å². The highest BCUT2D eigenvalue weighted by molar-refractivity contribution is 7.12. The van der Waals surface area contributed by atoms with Crippen LogP contribution in [-0.4, -0.2) is 60.4 Å². The minimum Gasteiger partial charge on any atom is -0.356 e. The van der Waals surface area contributed by atoms with Crippen LogP contribution in [0.4, 0.5) is 0 Å². The van der Waals surface area contributed by atoms with Gasteiger partial charge in [0.2, 0.25) is 5.91 Å². The molecule has 5 nitrogen and oxygen atoms in total. The molecule has 0 bridgehead atoms. The molecule has 2 aliphatic heterocycles. The molecule has 2 saturated heterocycles. The summed E-state index contributed by atoms with van der Waals surface area (Å²) >= 11 is 1.52. The number of piperidine rings is 2. The van der Waals surface area contributed by atoms with E-state index in [9.17, 15) is 9.59 Å². The van der Waals surface area contributed by atoms with Crippen molar-refractivity contribution >= 4 is 23.2 Å². The monoisotopic (exact) mass is 391 g/mol. The van der Waals surface area contributed by atoms with Gasteiger partial charge in [-0.15, -0.1) is 11.3 Å². The van der Waals surface area contributed by atoms with Crippen molar-refractivity contribution in [2.75, 3.05) is 32.7 Å². The zero-order chi connectivity index (χ0) is 19.2.